The lowest BCUT2D eigenvalue weighted by Crippen LogP contribution is -2.20. The van der Waals surface area contributed by atoms with Crippen LogP contribution in [0.4, 0.5) is 11.6 Å². The summed E-state index contributed by atoms with van der Waals surface area (Å²) in [6.07, 6.45) is 9.72. The molecular formula is C22H28N6O2. The van der Waals surface area contributed by atoms with Gasteiger partial charge in [-0.1, -0.05) is 19.3 Å². The molecule has 0 atom stereocenters. The van der Waals surface area contributed by atoms with Crippen molar-refractivity contribution >= 4 is 28.6 Å². The van der Waals surface area contributed by atoms with Crippen molar-refractivity contribution in [1.82, 2.24) is 24.6 Å². The lowest BCUT2D eigenvalue weighted by Gasteiger charge is -2.22. The van der Waals surface area contributed by atoms with Gasteiger partial charge in [0, 0.05) is 18.4 Å². The summed E-state index contributed by atoms with van der Waals surface area (Å²) in [5, 5.41) is 8.73. The predicted octanol–water partition coefficient (Wildman–Crippen LogP) is 3.79. The quantitative estimate of drug-likeness (QED) is 0.595. The second-order valence-electron chi connectivity index (χ2n) is 8.00. The molecule has 0 bridgehead atoms. The molecule has 0 aliphatic heterocycles. The lowest BCUT2D eigenvalue weighted by molar-refractivity contribution is 0.0482. The summed E-state index contributed by atoms with van der Waals surface area (Å²) < 4.78 is 7.32. The Morgan fingerprint density at radius 2 is 1.93 bits per heavy atom. The number of fused-ring (bicyclic) bond motifs is 1. The molecule has 1 fully saturated rings. The van der Waals surface area contributed by atoms with Crippen molar-refractivity contribution < 1.29 is 9.53 Å². The minimum atomic E-state index is -0.322. The van der Waals surface area contributed by atoms with Gasteiger partial charge >= 0.3 is 5.97 Å². The Labute approximate surface area is 176 Å². The average molecular weight is 409 g/mol. The van der Waals surface area contributed by atoms with Gasteiger partial charge in [0.1, 0.15) is 6.61 Å². The molecule has 0 amide bonds. The molecule has 3 aromatic rings. The summed E-state index contributed by atoms with van der Waals surface area (Å²) in [4.78, 5) is 23.2. The molecule has 2 aromatic heterocycles. The Bertz CT molecular complexity index is 993. The third kappa shape index (κ3) is 4.76. The Morgan fingerprint density at radius 3 is 2.67 bits per heavy atom. The number of carbonyl (C=O) groups is 1. The molecule has 8 nitrogen and oxygen atoms in total. The van der Waals surface area contributed by atoms with E-state index in [1.165, 1.54) is 19.3 Å². The van der Waals surface area contributed by atoms with Crippen molar-refractivity contribution in [1.29, 1.82) is 0 Å². The average Bonchev–Trinajstić information content (AvgIpc) is 3.18. The molecule has 0 radical (unpaired) electrons. The lowest BCUT2D eigenvalue weighted by atomic mass is 9.96. The van der Waals surface area contributed by atoms with E-state index in [0.717, 1.165) is 29.6 Å². The molecule has 1 aliphatic rings. The molecule has 4 rings (SSSR count). The maximum absolute atomic E-state index is 12.1. The Morgan fingerprint density at radius 1 is 1.17 bits per heavy atom. The van der Waals surface area contributed by atoms with Crippen LogP contribution in [-0.2, 0) is 4.74 Å². The van der Waals surface area contributed by atoms with Crippen molar-refractivity contribution in [3.63, 3.8) is 0 Å². The van der Waals surface area contributed by atoms with E-state index >= 15 is 0 Å². The van der Waals surface area contributed by atoms with Gasteiger partial charge in [0.25, 0.3) is 0 Å². The Hall–Kier alpha value is -3.00. The minimum Gasteiger partial charge on any atom is -0.461 e. The molecule has 0 spiro atoms. The van der Waals surface area contributed by atoms with Crippen LogP contribution in [0.15, 0.2) is 36.7 Å². The molecule has 0 unspecified atom stereocenters. The van der Waals surface area contributed by atoms with Crippen LogP contribution in [0.2, 0.25) is 0 Å². The zero-order chi connectivity index (χ0) is 20.9. The number of nitrogens with one attached hydrogen (secondary N) is 1. The van der Waals surface area contributed by atoms with Gasteiger partial charge in [-0.05, 0) is 51.2 Å². The summed E-state index contributed by atoms with van der Waals surface area (Å²) >= 11 is 0. The number of hydrogen-bond acceptors (Lipinski definition) is 7. The summed E-state index contributed by atoms with van der Waals surface area (Å²) in [7, 11) is 3.88. The van der Waals surface area contributed by atoms with Crippen molar-refractivity contribution in [3.8, 4) is 0 Å². The van der Waals surface area contributed by atoms with E-state index < -0.39 is 0 Å². The number of likely N-dealkylation sites (N-methyl/N-ethyl adjacent to an activating group) is 1. The number of esters is 1. The Kier molecular flexibility index (Phi) is 6.23. The summed E-state index contributed by atoms with van der Waals surface area (Å²) in [5.41, 5.74) is 2.19. The van der Waals surface area contributed by atoms with Gasteiger partial charge in [0.2, 0.25) is 5.95 Å². The summed E-state index contributed by atoms with van der Waals surface area (Å²) in [6.45, 7) is 1.07. The van der Waals surface area contributed by atoms with Crippen LogP contribution in [0.25, 0.3) is 11.0 Å². The zero-order valence-electron chi connectivity index (χ0n) is 17.5. The highest BCUT2D eigenvalue weighted by Crippen LogP contribution is 2.30. The fourth-order valence-corrected chi connectivity index (χ4v) is 3.71. The molecule has 1 aromatic carbocycles. The number of ether oxygens (including phenoxy) is 1. The van der Waals surface area contributed by atoms with Crippen LogP contribution in [0.3, 0.4) is 0 Å². The molecular weight excluding hydrogens is 380 g/mol. The second kappa shape index (κ2) is 9.21. The SMILES string of the molecule is CN(C)CCOC(=O)c1ccc(Nc2ncc3cnn(C4CCCCC4)c3n2)cc1. The third-order valence-corrected chi connectivity index (χ3v) is 5.40. The van der Waals surface area contributed by atoms with E-state index in [0.29, 0.717) is 30.7 Å². The van der Waals surface area contributed by atoms with Crippen LogP contribution in [0, 0.1) is 0 Å². The first-order valence-electron chi connectivity index (χ1n) is 10.5. The van der Waals surface area contributed by atoms with Crippen molar-refractivity contribution in [2.75, 3.05) is 32.6 Å². The molecule has 8 heteroatoms. The number of nitrogens with zero attached hydrogens (tertiary/aromatic N) is 5. The highest BCUT2D eigenvalue weighted by atomic mass is 16.5. The fraction of sp³-hybridized carbons (Fsp3) is 0.455. The number of carbonyl (C=O) groups excluding carboxylic acids is 1. The first-order chi connectivity index (χ1) is 14.6. The molecule has 30 heavy (non-hydrogen) atoms. The van der Waals surface area contributed by atoms with E-state index in [1.807, 2.05) is 42.0 Å². The standard InChI is InChI=1S/C22H28N6O2/c1-27(2)12-13-30-21(29)16-8-10-18(11-9-16)25-22-23-14-17-15-24-28(20(17)26-22)19-6-4-3-5-7-19/h8-11,14-15,19H,3-7,12-13H2,1-2H3,(H,23,25,26). The molecule has 1 saturated carbocycles. The van der Waals surface area contributed by atoms with E-state index in [9.17, 15) is 4.79 Å². The number of hydrogen-bond donors (Lipinski definition) is 1. The van der Waals surface area contributed by atoms with Crippen LogP contribution in [-0.4, -0.2) is 57.9 Å². The molecule has 0 saturated heterocycles. The third-order valence-electron chi connectivity index (χ3n) is 5.40. The largest absolute Gasteiger partial charge is 0.461 e. The predicted molar refractivity (Wildman–Crippen MR) is 116 cm³/mol. The molecule has 158 valence electrons. The summed E-state index contributed by atoms with van der Waals surface area (Å²) in [6, 6.07) is 7.55. The van der Waals surface area contributed by atoms with E-state index in [4.69, 9.17) is 9.72 Å². The smallest absolute Gasteiger partial charge is 0.338 e. The highest BCUT2D eigenvalue weighted by molar-refractivity contribution is 5.89. The van der Waals surface area contributed by atoms with Crippen molar-refractivity contribution in [2.24, 2.45) is 0 Å². The van der Waals surface area contributed by atoms with Gasteiger partial charge in [-0.2, -0.15) is 10.1 Å². The van der Waals surface area contributed by atoms with Gasteiger partial charge < -0.3 is 15.0 Å². The zero-order valence-corrected chi connectivity index (χ0v) is 17.5. The van der Waals surface area contributed by atoms with Crippen LogP contribution in [0.5, 0.6) is 0 Å². The number of rotatable bonds is 7. The maximum atomic E-state index is 12.1. The van der Waals surface area contributed by atoms with Crippen LogP contribution in [0.1, 0.15) is 48.5 Å². The van der Waals surface area contributed by atoms with Gasteiger partial charge in [0.05, 0.1) is 23.2 Å². The van der Waals surface area contributed by atoms with E-state index in [-0.39, 0.29) is 5.97 Å². The maximum Gasteiger partial charge on any atom is 0.338 e. The first-order valence-corrected chi connectivity index (χ1v) is 10.5. The van der Waals surface area contributed by atoms with Gasteiger partial charge in [-0.3, -0.25) is 0 Å². The van der Waals surface area contributed by atoms with Crippen molar-refractivity contribution in [2.45, 2.75) is 38.1 Å². The Balaban J connectivity index is 1.44. The monoisotopic (exact) mass is 408 g/mol. The molecule has 1 aliphatic carbocycles. The van der Waals surface area contributed by atoms with Crippen LogP contribution < -0.4 is 5.32 Å². The molecule has 1 N–H and O–H groups in total. The normalized spacial score (nSPS) is 14.9. The van der Waals surface area contributed by atoms with Gasteiger partial charge in [-0.15, -0.1) is 0 Å². The fourth-order valence-electron chi connectivity index (χ4n) is 3.71. The van der Waals surface area contributed by atoms with E-state index in [1.54, 1.807) is 18.3 Å². The number of benzene rings is 1. The second-order valence-corrected chi connectivity index (χ2v) is 8.00. The summed E-state index contributed by atoms with van der Waals surface area (Å²) in [5.74, 6) is 0.193. The number of aromatic nitrogens is 4. The highest BCUT2D eigenvalue weighted by Gasteiger charge is 2.19. The van der Waals surface area contributed by atoms with Crippen molar-refractivity contribution in [3.05, 3.63) is 42.2 Å². The number of anilines is 2. The van der Waals surface area contributed by atoms with Crippen LogP contribution >= 0.6 is 0 Å². The first kappa shape index (κ1) is 20.3. The van der Waals surface area contributed by atoms with Gasteiger partial charge in [0.15, 0.2) is 5.65 Å². The topological polar surface area (TPSA) is 85.2 Å². The van der Waals surface area contributed by atoms with Gasteiger partial charge in [-0.25, -0.2) is 14.5 Å². The van der Waals surface area contributed by atoms with E-state index in [2.05, 4.69) is 15.4 Å². The minimum absolute atomic E-state index is 0.322. The molecule has 2 heterocycles.